The van der Waals surface area contributed by atoms with Gasteiger partial charge in [-0.25, -0.2) is 0 Å². The quantitative estimate of drug-likeness (QED) is 0.519. The molecule has 0 saturated carbocycles. The van der Waals surface area contributed by atoms with Crippen molar-refractivity contribution in [2.75, 3.05) is 0 Å². The topological polar surface area (TPSA) is 17.1 Å². The molecule has 0 aliphatic carbocycles. The van der Waals surface area contributed by atoms with Crippen LogP contribution in [0.4, 0.5) is 0 Å². The van der Waals surface area contributed by atoms with Crippen molar-refractivity contribution in [3.05, 3.63) is 0 Å². The molecule has 1 nitrogen and oxygen atoms in total. The van der Waals surface area contributed by atoms with Gasteiger partial charge in [-0.15, -0.1) is 0 Å². The first kappa shape index (κ1) is 39.8. The van der Waals surface area contributed by atoms with Gasteiger partial charge in [0, 0.05) is 50.1 Å². The normalized spacial score (nSPS) is 1.00. The zero-order valence-electron chi connectivity index (χ0n) is 1.73. The Morgan fingerprint density at radius 2 is 1.00 bits per heavy atom. The molecule has 0 aliphatic rings. The first-order valence-electron chi connectivity index (χ1n) is 0.129. The third-order valence-corrected chi connectivity index (χ3v) is 0. The van der Waals surface area contributed by atoms with Gasteiger partial charge in [0.2, 0.25) is 0 Å². The van der Waals surface area contributed by atoms with E-state index in [2.05, 4.69) is 15.4 Å². The van der Waals surface area contributed by atoms with Crippen LogP contribution >= 0.6 is 0 Å². The molecule has 6 heavy (non-hydrogen) atoms. The zero-order chi connectivity index (χ0) is 2.00. The molecule has 0 bridgehead atoms. The van der Waals surface area contributed by atoms with E-state index in [0.717, 1.165) is 0 Å². The van der Waals surface area contributed by atoms with Gasteiger partial charge in [-0.05, 0) is 0 Å². The summed E-state index contributed by atoms with van der Waals surface area (Å²) in [5, 5.41) is 0. The van der Waals surface area contributed by atoms with Crippen LogP contribution in [0.25, 0.3) is 0 Å². The molecule has 0 atom stereocenters. The summed E-state index contributed by atoms with van der Waals surface area (Å²) in [5.41, 5.74) is 0. The van der Waals surface area contributed by atoms with E-state index in [1.54, 1.807) is 0 Å². The fourth-order valence-electron chi connectivity index (χ4n) is 0. The van der Waals surface area contributed by atoms with Crippen LogP contribution < -0.4 is 0 Å². The molecule has 0 spiro atoms. The van der Waals surface area contributed by atoms with Crippen molar-refractivity contribution in [2.45, 2.75) is 0 Å². The van der Waals surface area contributed by atoms with Crippen molar-refractivity contribution in [2.24, 2.45) is 0 Å². The Bertz CT molecular complexity index is 10.8. The Morgan fingerprint density at radius 1 is 1.00 bits per heavy atom. The Hall–Kier alpha value is 2.40. The third-order valence-electron chi connectivity index (χ3n) is 0. The van der Waals surface area contributed by atoms with Crippen molar-refractivity contribution < 1.29 is 69.3 Å². The Labute approximate surface area is 87.2 Å². The summed E-state index contributed by atoms with van der Waals surface area (Å²) in [6.45, 7) is 0. The molecule has 0 aromatic carbocycles. The summed E-state index contributed by atoms with van der Waals surface area (Å²) >= 11 is 2.62. The van der Waals surface area contributed by atoms with E-state index in [0.29, 0.717) is 0 Å². The summed E-state index contributed by atoms with van der Waals surface area (Å²) in [5.74, 6) is 0. The van der Waals surface area contributed by atoms with Crippen LogP contribution in [0.2, 0.25) is 0 Å². The average Bonchev–Trinajstić information content (AvgIpc) is 1.00. The number of hydrogen-bond donors (Lipinski definition) is 0. The van der Waals surface area contributed by atoms with E-state index in [1.807, 2.05) is 0 Å². The summed E-state index contributed by atoms with van der Waals surface area (Å²) in [6, 6.07) is 0. The first-order valence-corrected chi connectivity index (χ1v) is 0.532. The van der Waals surface area contributed by atoms with Gasteiger partial charge in [0.05, 0.1) is 0 Å². The van der Waals surface area contributed by atoms with Gasteiger partial charge in [0.1, 0.15) is 0 Å². The van der Waals surface area contributed by atoms with E-state index in [4.69, 9.17) is 3.90 Å². The summed E-state index contributed by atoms with van der Waals surface area (Å²) < 4.78 is 7.88. The number of rotatable bonds is 0. The third kappa shape index (κ3) is 32.4. The summed E-state index contributed by atoms with van der Waals surface area (Å²) in [4.78, 5) is 0. The molecule has 0 rings (SSSR count). The van der Waals surface area contributed by atoms with E-state index in [9.17, 15) is 0 Å². The molecule has 0 aromatic heterocycles. The van der Waals surface area contributed by atoms with Crippen molar-refractivity contribution in [3.8, 4) is 0 Å². The fourth-order valence-corrected chi connectivity index (χ4v) is 0. The molecule has 0 aromatic rings. The Balaban J connectivity index is -0.000000000833. The molecule has 0 unspecified atom stereocenters. The van der Waals surface area contributed by atoms with Gasteiger partial charge >= 0.3 is 38.1 Å². The maximum atomic E-state index is 7.88. The van der Waals surface area contributed by atoms with E-state index >= 15 is 0 Å². The van der Waals surface area contributed by atoms with Crippen LogP contribution in [0, 0.1) is 0 Å². The molecule has 0 N–H and O–H groups in total. The van der Waals surface area contributed by atoms with Crippen molar-refractivity contribution in [1.29, 1.82) is 0 Å². The van der Waals surface area contributed by atoms with Gasteiger partial charge in [-0.1, -0.05) is 0 Å². The standard InChI is InChI=1S/Li.Mn.3Ni.O.H. The van der Waals surface area contributed by atoms with Gasteiger partial charge in [-0.3, -0.25) is 0 Å². The molecule has 0 heterocycles. The van der Waals surface area contributed by atoms with Crippen LogP contribution in [-0.4, -0.2) is 18.9 Å². The molecule has 6 heteroatoms. The monoisotopic (exact) mass is 253 g/mol. The minimum absolute atomic E-state index is 0. The molecule has 1 radical (unpaired) electrons. The van der Waals surface area contributed by atoms with Gasteiger partial charge in [0.25, 0.3) is 0 Å². The molecule has 0 aliphatic heterocycles. The molecule has 45 valence electrons. The zero-order valence-corrected chi connectivity index (χ0v) is 5.88. The minimum atomic E-state index is 0. The summed E-state index contributed by atoms with van der Waals surface area (Å²) in [6.07, 6.45) is 0. The Morgan fingerprint density at radius 3 is 1.00 bits per heavy atom. The van der Waals surface area contributed by atoms with Crippen LogP contribution in [-0.2, 0) is 69.3 Å². The van der Waals surface area contributed by atoms with Gasteiger partial charge in [-0.2, -0.15) is 0 Å². The molecular weight excluding hydrogens is 254 g/mol. The van der Waals surface area contributed by atoms with Crippen molar-refractivity contribution in [3.63, 3.8) is 0 Å². The maximum absolute atomic E-state index is 7.88. The second-order valence-electron chi connectivity index (χ2n) is 0. The van der Waals surface area contributed by atoms with E-state index < -0.39 is 0 Å². The van der Waals surface area contributed by atoms with Gasteiger partial charge in [0.15, 0.2) is 0 Å². The first-order chi connectivity index (χ1) is 1.00. The van der Waals surface area contributed by atoms with Crippen LogP contribution in [0.3, 0.4) is 0 Å². The molecular formula is HLiMnNi3O. The second-order valence-corrected chi connectivity index (χ2v) is 0. The average molecular weight is 255 g/mol. The second kappa shape index (κ2) is 52.7. The van der Waals surface area contributed by atoms with Crippen LogP contribution in [0.15, 0.2) is 0 Å². The Kier molecular flexibility index (Phi) is 350. The predicted molar refractivity (Wildman–Crippen MR) is 7.84 cm³/mol. The van der Waals surface area contributed by atoms with Gasteiger partial charge < -0.3 is 0 Å². The van der Waals surface area contributed by atoms with Crippen molar-refractivity contribution >= 4 is 18.9 Å². The molecule has 0 saturated heterocycles. The molecule has 0 fully saturated rings. The SMILES string of the molecule is [LiH].[Mn].[Ni].[Ni].[O]=[Ni]. The number of hydrogen-bond acceptors (Lipinski definition) is 1. The van der Waals surface area contributed by atoms with Crippen LogP contribution in [0.1, 0.15) is 0 Å². The predicted octanol–water partition coefficient (Wildman–Crippen LogP) is -0.777. The van der Waals surface area contributed by atoms with E-state index in [-0.39, 0.29) is 68.9 Å². The fraction of sp³-hybridized carbons (Fsp3) is 0. The summed E-state index contributed by atoms with van der Waals surface area (Å²) in [7, 11) is 0. The van der Waals surface area contributed by atoms with E-state index in [1.165, 1.54) is 0 Å². The molecule has 0 amide bonds. The van der Waals surface area contributed by atoms with Crippen molar-refractivity contribution in [1.82, 2.24) is 0 Å². The van der Waals surface area contributed by atoms with Crippen LogP contribution in [0.5, 0.6) is 0 Å².